The molecule has 140 valence electrons. The van der Waals surface area contributed by atoms with Crippen molar-refractivity contribution in [3.8, 4) is 11.6 Å². The molecule has 1 saturated heterocycles. The van der Waals surface area contributed by atoms with Gasteiger partial charge in [-0.25, -0.2) is 13.8 Å². The fourth-order valence-corrected chi connectivity index (χ4v) is 2.74. The number of hydrogen-bond acceptors (Lipinski definition) is 5. The molecule has 0 bridgehead atoms. The van der Waals surface area contributed by atoms with E-state index < -0.39 is 11.6 Å². The van der Waals surface area contributed by atoms with Crippen molar-refractivity contribution in [1.29, 1.82) is 0 Å². The Morgan fingerprint density at radius 1 is 1.19 bits per heavy atom. The highest BCUT2D eigenvalue weighted by atomic mass is 19.1. The number of aromatic nitrogens is 1. The van der Waals surface area contributed by atoms with Crippen LogP contribution in [0.1, 0.15) is 26.2 Å². The van der Waals surface area contributed by atoms with Crippen LogP contribution in [-0.2, 0) is 0 Å². The molecule has 0 unspecified atom stereocenters. The summed E-state index contributed by atoms with van der Waals surface area (Å²) in [5, 5.41) is 6.14. The summed E-state index contributed by atoms with van der Waals surface area (Å²) >= 11 is 0. The fourth-order valence-electron chi connectivity index (χ4n) is 2.74. The van der Waals surface area contributed by atoms with Crippen LogP contribution >= 0.6 is 0 Å². The quantitative estimate of drug-likeness (QED) is 0.778. The first kappa shape index (κ1) is 18.4. The van der Waals surface area contributed by atoms with E-state index >= 15 is 0 Å². The van der Waals surface area contributed by atoms with Gasteiger partial charge in [-0.3, -0.25) is 0 Å². The van der Waals surface area contributed by atoms with Crippen LogP contribution in [0.3, 0.4) is 0 Å². The van der Waals surface area contributed by atoms with E-state index in [1.54, 1.807) is 18.3 Å². The number of benzene rings is 1. The van der Waals surface area contributed by atoms with Crippen molar-refractivity contribution >= 4 is 11.4 Å². The van der Waals surface area contributed by atoms with Gasteiger partial charge in [0.2, 0.25) is 5.88 Å². The van der Waals surface area contributed by atoms with Gasteiger partial charge in [-0.2, -0.15) is 0 Å². The van der Waals surface area contributed by atoms with Gasteiger partial charge >= 0.3 is 0 Å². The smallest absolute Gasteiger partial charge is 0.215 e. The Morgan fingerprint density at radius 2 is 2.00 bits per heavy atom. The molecule has 1 aliphatic rings. The number of nitrogens with one attached hydrogen (secondary N) is 2. The minimum Gasteiger partial charge on any atom is -0.490 e. The zero-order chi connectivity index (χ0) is 18.4. The predicted octanol–water partition coefficient (Wildman–Crippen LogP) is 4.02. The number of rotatable bonds is 7. The molecule has 0 saturated carbocycles. The maximum absolute atomic E-state index is 14.3. The SMILES string of the molecule is CCCOc1cc(F)c(Nc2ccnc(OC3CCNCC3)c2)cc1F. The average Bonchev–Trinajstić information content (AvgIpc) is 2.64. The first-order valence-corrected chi connectivity index (χ1v) is 8.88. The van der Waals surface area contributed by atoms with Gasteiger partial charge in [0.1, 0.15) is 6.10 Å². The van der Waals surface area contributed by atoms with Crippen LogP contribution in [0.4, 0.5) is 20.2 Å². The number of halogens is 2. The second kappa shape index (κ2) is 8.80. The molecule has 5 nitrogen and oxygen atoms in total. The first-order chi connectivity index (χ1) is 12.7. The van der Waals surface area contributed by atoms with Crippen LogP contribution in [0.25, 0.3) is 0 Å². The van der Waals surface area contributed by atoms with Gasteiger partial charge in [-0.05, 0) is 38.4 Å². The number of pyridine rings is 1. The van der Waals surface area contributed by atoms with Gasteiger partial charge in [-0.1, -0.05) is 6.92 Å². The molecular formula is C19H23F2N3O2. The van der Waals surface area contributed by atoms with E-state index in [1.165, 1.54) is 0 Å². The molecule has 0 atom stereocenters. The van der Waals surface area contributed by atoms with Crippen molar-refractivity contribution in [2.24, 2.45) is 0 Å². The van der Waals surface area contributed by atoms with Crippen LogP contribution in [-0.4, -0.2) is 30.8 Å². The highest BCUT2D eigenvalue weighted by molar-refractivity contribution is 5.61. The van der Waals surface area contributed by atoms with Crippen molar-refractivity contribution in [2.45, 2.75) is 32.3 Å². The second-order valence-electron chi connectivity index (χ2n) is 6.19. The van der Waals surface area contributed by atoms with Crippen molar-refractivity contribution < 1.29 is 18.3 Å². The Bertz CT molecular complexity index is 737. The normalized spacial score (nSPS) is 14.9. The summed E-state index contributed by atoms with van der Waals surface area (Å²) in [6, 6.07) is 5.50. The standard InChI is InChI=1S/C19H23F2N3O2/c1-2-9-25-18-12-15(20)17(11-16(18)21)24-13-3-8-23-19(10-13)26-14-4-6-22-7-5-14/h3,8,10-12,14,22H,2,4-7,9H2,1H3,(H,23,24). The van der Waals surface area contributed by atoms with Crippen LogP contribution in [0.2, 0.25) is 0 Å². The molecule has 1 aliphatic heterocycles. The lowest BCUT2D eigenvalue weighted by Crippen LogP contribution is -2.34. The summed E-state index contributed by atoms with van der Waals surface area (Å²) < 4.78 is 39.4. The van der Waals surface area contributed by atoms with Crippen LogP contribution in [0.5, 0.6) is 11.6 Å². The molecule has 1 aromatic carbocycles. The highest BCUT2D eigenvalue weighted by Gasteiger charge is 2.16. The van der Waals surface area contributed by atoms with Crippen molar-refractivity contribution in [3.63, 3.8) is 0 Å². The van der Waals surface area contributed by atoms with Crippen LogP contribution in [0.15, 0.2) is 30.5 Å². The first-order valence-electron chi connectivity index (χ1n) is 8.88. The zero-order valence-electron chi connectivity index (χ0n) is 14.7. The third-order valence-electron chi connectivity index (χ3n) is 4.07. The summed E-state index contributed by atoms with van der Waals surface area (Å²) in [5.74, 6) is -0.817. The number of piperidine rings is 1. The van der Waals surface area contributed by atoms with E-state index in [9.17, 15) is 8.78 Å². The van der Waals surface area contributed by atoms with E-state index in [2.05, 4.69) is 15.6 Å². The number of ether oxygens (including phenoxy) is 2. The number of nitrogens with zero attached hydrogens (tertiary/aromatic N) is 1. The van der Waals surface area contributed by atoms with E-state index in [0.29, 0.717) is 18.2 Å². The van der Waals surface area contributed by atoms with E-state index in [4.69, 9.17) is 9.47 Å². The van der Waals surface area contributed by atoms with Crippen LogP contribution in [0, 0.1) is 11.6 Å². The molecule has 1 aromatic heterocycles. The zero-order valence-corrected chi connectivity index (χ0v) is 14.7. The molecule has 1 fully saturated rings. The maximum Gasteiger partial charge on any atom is 0.215 e. The molecule has 0 aliphatic carbocycles. The Morgan fingerprint density at radius 3 is 2.77 bits per heavy atom. The van der Waals surface area contributed by atoms with Crippen molar-refractivity contribution in [2.75, 3.05) is 25.0 Å². The Kier molecular flexibility index (Phi) is 6.22. The molecule has 0 amide bonds. The molecule has 0 radical (unpaired) electrons. The highest BCUT2D eigenvalue weighted by Crippen LogP contribution is 2.28. The van der Waals surface area contributed by atoms with Crippen LogP contribution < -0.4 is 20.1 Å². The molecule has 2 aromatic rings. The summed E-state index contributed by atoms with van der Waals surface area (Å²) in [6.07, 6.45) is 4.24. The van der Waals surface area contributed by atoms with Gasteiger partial charge in [0, 0.05) is 30.1 Å². The largest absolute Gasteiger partial charge is 0.490 e. The minimum absolute atomic E-state index is 0.0327. The average molecular weight is 363 g/mol. The monoisotopic (exact) mass is 363 g/mol. The maximum atomic E-state index is 14.3. The Balaban J connectivity index is 1.70. The van der Waals surface area contributed by atoms with E-state index in [1.807, 2.05) is 6.92 Å². The summed E-state index contributed by atoms with van der Waals surface area (Å²) in [7, 11) is 0. The number of hydrogen-bond donors (Lipinski definition) is 2. The van der Waals surface area contributed by atoms with Gasteiger partial charge in [-0.15, -0.1) is 0 Å². The van der Waals surface area contributed by atoms with Crippen molar-refractivity contribution in [3.05, 3.63) is 42.1 Å². The molecule has 7 heteroatoms. The molecule has 2 N–H and O–H groups in total. The molecular weight excluding hydrogens is 340 g/mol. The Hall–Kier alpha value is -2.41. The van der Waals surface area contributed by atoms with E-state index in [0.717, 1.165) is 44.5 Å². The fraction of sp³-hybridized carbons (Fsp3) is 0.421. The summed E-state index contributed by atoms with van der Waals surface area (Å²) in [5.41, 5.74) is 0.606. The van der Waals surface area contributed by atoms with Gasteiger partial charge in [0.25, 0.3) is 0 Å². The van der Waals surface area contributed by atoms with Crippen molar-refractivity contribution in [1.82, 2.24) is 10.3 Å². The molecule has 26 heavy (non-hydrogen) atoms. The minimum atomic E-state index is -0.609. The lowest BCUT2D eigenvalue weighted by Gasteiger charge is -2.23. The van der Waals surface area contributed by atoms with Gasteiger partial charge in [0.05, 0.1) is 12.3 Å². The Labute approximate surface area is 151 Å². The second-order valence-corrected chi connectivity index (χ2v) is 6.19. The predicted molar refractivity (Wildman–Crippen MR) is 96.2 cm³/mol. The molecule has 0 spiro atoms. The topological polar surface area (TPSA) is 55.4 Å². The van der Waals surface area contributed by atoms with E-state index in [-0.39, 0.29) is 17.5 Å². The summed E-state index contributed by atoms with van der Waals surface area (Å²) in [4.78, 5) is 4.19. The lowest BCUT2D eigenvalue weighted by atomic mass is 10.1. The van der Waals surface area contributed by atoms with Gasteiger partial charge < -0.3 is 20.1 Å². The molecule has 2 heterocycles. The molecule has 3 rings (SSSR count). The van der Waals surface area contributed by atoms with Gasteiger partial charge in [0.15, 0.2) is 17.4 Å². The summed E-state index contributed by atoms with van der Waals surface area (Å²) in [6.45, 7) is 4.07. The third-order valence-corrected chi connectivity index (χ3v) is 4.07. The number of anilines is 2. The third kappa shape index (κ3) is 4.82. The lowest BCUT2D eigenvalue weighted by molar-refractivity contribution is 0.156.